The molecule has 0 aromatic carbocycles. The number of nitrogens with one attached hydrogen (secondary N) is 1. The highest BCUT2D eigenvalue weighted by Crippen LogP contribution is 2.36. The second-order valence-corrected chi connectivity index (χ2v) is 5.73. The fourth-order valence-electron chi connectivity index (χ4n) is 2.34. The van der Waals surface area contributed by atoms with Gasteiger partial charge in [-0.25, -0.2) is 4.98 Å². The van der Waals surface area contributed by atoms with Crippen molar-refractivity contribution in [1.29, 1.82) is 0 Å². The summed E-state index contributed by atoms with van der Waals surface area (Å²) < 4.78 is 0. The normalized spacial score (nSPS) is 29.0. The van der Waals surface area contributed by atoms with Crippen LogP contribution in [0.5, 0.6) is 0 Å². The number of alkyl halides is 1. The SMILES string of the molecule is CC1CCC(CCl)(Nc2ncccc2Cl)CC1. The van der Waals surface area contributed by atoms with Crippen molar-refractivity contribution in [3.8, 4) is 0 Å². The van der Waals surface area contributed by atoms with Gasteiger partial charge in [-0.3, -0.25) is 0 Å². The number of pyridine rings is 1. The predicted octanol–water partition coefficient (Wildman–Crippen LogP) is 4.33. The molecule has 1 fully saturated rings. The van der Waals surface area contributed by atoms with Gasteiger partial charge in [0.2, 0.25) is 0 Å². The zero-order valence-electron chi connectivity index (χ0n) is 10.0. The minimum atomic E-state index is -0.0357. The molecule has 0 radical (unpaired) electrons. The summed E-state index contributed by atoms with van der Waals surface area (Å²) in [6, 6.07) is 3.69. The van der Waals surface area contributed by atoms with Gasteiger partial charge < -0.3 is 5.32 Å². The van der Waals surface area contributed by atoms with E-state index in [1.807, 2.05) is 12.1 Å². The molecule has 94 valence electrons. The Kier molecular flexibility index (Phi) is 4.16. The van der Waals surface area contributed by atoms with Crippen LogP contribution in [-0.4, -0.2) is 16.4 Å². The maximum Gasteiger partial charge on any atom is 0.145 e. The van der Waals surface area contributed by atoms with Crippen LogP contribution in [0, 0.1) is 5.92 Å². The van der Waals surface area contributed by atoms with Gasteiger partial charge in [0, 0.05) is 12.1 Å². The molecule has 0 bridgehead atoms. The van der Waals surface area contributed by atoms with E-state index in [1.165, 1.54) is 12.8 Å². The molecule has 1 N–H and O–H groups in total. The lowest BCUT2D eigenvalue weighted by Gasteiger charge is -2.39. The predicted molar refractivity (Wildman–Crippen MR) is 74.0 cm³/mol. The van der Waals surface area contributed by atoms with Crippen LogP contribution in [0.2, 0.25) is 5.02 Å². The monoisotopic (exact) mass is 272 g/mol. The molecule has 2 rings (SSSR count). The molecule has 1 saturated carbocycles. The molecule has 0 spiro atoms. The van der Waals surface area contributed by atoms with Gasteiger partial charge in [0.15, 0.2) is 0 Å². The van der Waals surface area contributed by atoms with E-state index >= 15 is 0 Å². The van der Waals surface area contributed by atoms with E-state index in [1.54, 1.807) is 6.20 Å². The van der Waals surface area contributed by atoms with E-state index in [0.717, 1.165) is 24.6 Å². The summed E-state index contributed by atoms with van der Waals surface area (Å²) in [5.41, 5.74) is -0.0357. The molecule has 1 aromatic rings. The molecule has 0 aliphatic heterocycles. The van der Waals surface area contributed by atoms with E-state index in [2.05, 4.69) is 17.2 Å². The molecular weight excluding hydrogens is 255 g/mol. The van der Waals surface area contributed by atoms with Crippen LogP contribution in [0.4, 0.5) is 5.82 Å². The van der Waals surface area contributed by atoms with Crippen molar-refractivity contribution in [1.82, 2.24) is 4.98 Å². The molecule has 0 amide bonds. The van der Waals surface area contributed by atoms with Crippen molar-refractivity contribution >= 4 is 29.0 Å². The third-order valence-electron chi connectivity index (χ3n) is 3.63. The Balaban J connectivity index is 2.12. The van der Waals surface area contributed by atoms with Crippen molar-refractivity contribution in [2.24, 2.45) is 5.92 Å². The van der Waals surface area contributed by atoms with Gasteiger partial charge >= 0.3 is 0 Å². The second-order valence-electron chi connectivity index (χ2n) is 5.06. The van der Waals surface area contributed by atoms with E-state index in [9.17, 15) is 0 Å². The van der Waals surface area contributed by atoms with Crippen molar-refractivity contribution < 1.29 is 0 Å². The first-order valence-electron chi connectivity index (χ1n) is 6.10. The van der Waals surface area contributed by atoms with Crippen molar-refractivity contribution in [3.63, 3.8) is 0 Å². The molecule has 1 aliphatic carbocycles. The zero-order chi connectivity index (χ0) is 12.3. The van der Waals surface area contributed by atoms with Crippen LogP contribution in [0.3, 0.4) is 0 Å². The first-order chi connectivity index (χ1) is 8.15. The lowest BCUT2D eigenvalue weighted by molar-refractivity contribution is 0.286. The molecule has 0 unspecified atom stereocenters. The number of nitrogens with zero attached hydrogens (tertiary/aromatic N) is 1. The number of halogens is 2. The van der Waals surface area contributed by atoms with Gasteiger partial charge in [-0.1, -0.05) is 18.5 Å². The molecule has 4 heteroatoms. The maximum atomic E-state index is 6.15. The smallest absolute Gasteiger partial charge is 0.145 e. The topological polar surface area (TPSA) is 24.9 Å². The quantitative estimate of drug-likeness (QED) is 0.829. The Morgan fingerprint density at radius 2 is 2.18 bits per heavy atom. The first kappa shape index (κ1) is 13.0. The van der Waals surface area contributed by atoms with Crippen LogP contribution in [-0.2, 0) is 0 Å². The summed E-state index contributed by atoms with van der Waals surface area (Å²) >= 11 is 12.3. The van der Waals surface area contributed by atoms with Gasteiger partial charge in [-0.05, 0) is 43.7 Å². The van der Waals surface area contributed by atoms with Gasteiger partial charge in [-0.15, -0.1) is 11.6 Å². The molecular formula is C13H18Cl2N2. The Labute approximate surface area is 113 Å². The summed E-state index contributed by atoms with van der Waals surface area (Å²) in [7, 11) is 0. The van der Waals surface area contributed by atoms with Crippen LogP contribution in [0.25, 0.3) is 0 Å². The Morgan fingerprint density at radius 3 is 2.76 bits per heavy atom. The molecule has 0 saturated heterocycles. The van der Waals surface area contributed by atoms with Crippen molar-refractivity contribution in [2.75, 3.05) is 11.2 Å². The minimum Gasteiger partial charge on any atom is -0.362 e. The number of anilines is 1. The maximum absolute atomic E-state index is 6.15. The number of hydrogen-bond donors (Lipinski definition) is 1. The Bertz CT molecular complexity index is 373. The lowest BCUT2D eigenvalue weighted by Crippen LogP contribution is -2.43. The van der Waals surface area contributed by atoms with E-state index in [0.29, 0.717) is 10.9 Å². The number of rotatable bonds is 3. The lowest BCUT2D eigenvalue weighted by atomic mass is 9.78. The van der Waals surface area contributed by atoms with Gasteiger partial charge in [-0.2, -0.15) is 0 Å². The van der Waals surface area contributed by atoms with Crippen LogP contribution in [0.1, 0.15) is 32.6 Å². The molecule has 1 aliphatic rings. The summed E-state index contributed by atoms with van der Waals surface area (Å²) in [6.45, 7) is 2.30. The number of aromatic nitrogens is 1. The third-order valence-corrected chi connectivity index (χ3v) is 4.45. The average molecular weight is 273 g/mol. The van der Waals surface area contributed by atoms with Gasteiger partial charge in [0.1, 0.15) is 5.82 Å². The standard InChI is InChI=1S/C13H18Cl2N2/c1-10-4-6-13(9-14,7-5-10)17-12-11(15)3-2-8-16-12/h2-3,8,10H,4-7,9H2,1H3,(H,16,17). The zero-order valence-corrected chi connectivity index (χ0v) is 11.6. The fourth-order valence-corrected chi connectivity index (χ4v) is 2.84. The number of hydrogen-bond acceptors (Lipinski definition) is 2. The Morgan fingerprint density at radius 1 is 1.47 bits per heavy atom. The van der Waals surface area contributed by atoms with E-state index in [4.69, 9.17) is 23.2 Å². The van der Waals surface area contributed by atoms with Gasteiger partial charge in [0.05, 0.1) is 10.6 Å². The summed E-state index contributed by atoms with van der Waals surface area (Å²) in [5.74, 6) is 2.16. The summed E-state index contributed by atoms with van der Waals surface area (Å²) in [5, 5.41) is 4.12. The van der Waals surface area contributed by atoms with Crippen molar-refractivity contribution in [2.45, 2.75) is 38.1 Å². The highest BCUT2D eigenvalue weighted by Gasteiger charge is 2.34. The van der Waals surface area contributed by atoms with E-state index in [-0.39, 0.29) is 5.54 Å². The highest BCUT2D eigenvalue weighted by molar-refractivity contribution is 6.32. The fraction of sp³-hybridized carbons (Fsp3) is 0.615. The van der Waals surface area contributed by atoms with Gasteiger partial charge in [0.25, 0.3) is 0 Å². The first-order valence-corrected chi connectivity index (χ1v) is 7.01. The summed E-state index contributed by atoms with van der Waals surface area (Å²) in [6.07, 6.45) is 6.35. The Hall–Kier alpha value is -0.470. The van der Waals surface area contributed by atoms with Crippen LogP contribution >= 0.6 is 23.2 Å². The molecule has 1 aromatic heterocycles. The summed E-state index contributed by atoms with van der Waals surface area (Å²) in [4.78, 5) is 4.28. The average Bonchev–Trinajstić information content (AvgIpc) is 2.35. The highest BCUT2D eigenvalue weighted by atomic mass is 35.5. The third kappa shape index (κ3) is 3.05. The van der Waals surface area contributed by atoms with Crippen LogP contribution in [0.15, 0.2) is 18.3 Å². The van der Waals surface area contributed by atoms with Crippen molar-refractivity contribution in [3.05, 3.63) is 23.4 Å². The molecule has 2 nitrogen and oxygen atoms in total. The van der Waals surface area contributed by atoms with Crippen LogP contribution < -0.4 is 5.32 Å². The molecule has 1 heterocycles. The molecule has 0 atom stereocenters. The second kappa shape index (κ2) is 5.45. The minimum absolute atomic E-state index is 0.0357. The van der Waals surface area contributed by atoms with E-state index < -0.39 is 0 Å². The largest absolute Gasteiger partial charge is 0.362 e. The molecule has 17 heavy (non-hydrogen) atoms.